The van der Waals surface area contributed by atoms with Crippen LogP contribution in [0.1, 0.15) is 18.4 Å². The number of aromatic nitrogens is 2. The van der Waals surface area contributed by atoms with Crippen LogP contribution < -0.4 is 4.90 Å². The zero-order chi connectivity index (χ0) is 20.0. The van der Waals surface area contributed by atoms with Gasteiger partial charge in [-0.3, -0.25) is 0 Å². The van der Waals surface area contributed by atoms with Crippen LogP contribution in [0.15, 0.2) is 41.0 Å². The van der Waals surface area contributed by atoms with Crippen LogP contribution in [-0.2, 0) is 6.18 Å². The van der Waals surface area contributed by atoms with Gasteiger partial charge >= 0.3 is 6.18 Å². The number of alkyl halides is 3. The number of hydrogen-bond donors (Lipinski definition) is 0. The Bertz CT molecular complexity index is 1000. The van der Waals surface area contributed by atoms with Gasteiger partial charge in [0.25, 0.3) is 0 Å². The summed E-state index contributed by atoms with van der Waals surface area (Å²) in [7, 11) is 0. The number of halogens is 3. The van der Waals surface area contributed by atoms with Crippen LogP contribution in [0.3, 0.4) is 0 Å². The lowest BCUT2D eigenvalue weighted by Gasteiger charge is -2.42. The summed E-state index contributed by atoms with van der Waals surface area (Å²) in [5.74, 6) is 0.623. The van der Waals surface area contributed by atoms with Gasteiger partial charge in [0, 0.05) is 25.6 Å². The van der Waals surface area contributed by atoms with E-state index < -0.39 is 11.7 Å². The van der Waals surface area contributed by atoms with Gasteiger partial charge in [0.2, 0.25) is 0 Å². The number of benzene rings is 2. The van der Waals surface area contributed by atoms with E-state index in [9.17, 15) is 13.2 Å². The molecule has 0 unspecified atom stereocenters. The summed E-state index contributed by atoms with van der Waals surface area (Å²) in [5, 5.41) is 8.01. The third-order valence-electron chi connectivity index (χ3n) is 5.90. The second kappa shape index (κ2) is 7.02. The molecule has 0 radical (unpaired) electrons. The average Bonchev–Trinajstić information content (AvgIpc) is 3.34. The molecule has 5 nitrogen and oxygen atoms in total. The molecule has 0 N–H and O–H groups in total. The molecule has 0 aliphatic carbocycles. The van der Waals surface area contributed by atoms with Crippen molar-refractivity contribution in [1.29, 1.82) is 0 Å². The summed E-state index contributed by atoms with van der Waals surface area (Å²) >= 11 is 0. The highest BCUT2D eigenvalue weighted by Crippen LogP contribution is 2.36. The molecule has 152 valence electrons. The molecule has 0 atom stereocenters. The van der Waals surface area contributed by atoms with E-state index in [-0.39, 0.29) is 0 Å². The molecule has 0 amide bonds. The van der Waals surface area contributed by atoms with Crippen LogP contribution in [0.25, 0.3) is 22.2 Å². The van der Waals surface area contributed by atoms with Crippen molar-refractivity contribution in [2.75, 3.05) is 37.6 Å². The van der Waals surface area contributed by atoms with E-state index in [1.54, 1.807) is 6.07 Å². The maximum absolute atomic E-state index is 12.9. The molecule has 1 aromatic heterocycles. The van der Waals surface area contributed by atoms with Crippen LogP contribution >= 0.6 is 0 Å². The molecule has 8 heteroatoms. The summed E-state index contributed by atoms with van der Waals surface area (Å²) < 4.78 is 43.5. The molecule has 2 aliphatic rings. The lowest BCUT2D eigenvalue weighted by molar-refractivity contribution is -0.137. The first-order valence-corrected chi connectivity index (χ1v) is 9.88. The largest absolute Gasteiger partial charge is 0.416 e. The highest BCUT2D eigenvalue weighted by Gasteiger charge is 2.32. The van der Waals surface area contributed by atoms with Crippen LogP contribution in [0.5, 0.6) is 0 Å². The Hall–Kier alpha value is -2.61. The summed E-state index contributed by atoms with van der Waals surface area (Å²) in [4.78, 5) is 4.77. The zero-order valence-corrected chi connectivity index (χ0v) is 15.8. The molecule has 3 aromatic rings. The van der Waals surface area contributed by atoms with Gasteiger partial charge in [-0.2, -0.15) is 13.2 Å². The molecule has 2 fully saturated rings. The van der Waals surface area contributed by atoms with Gasteiger partial charge in [0.1, 0.15) is 5.52 Å². The van der Waals surface area contributed by atoms with E-state index in [4.69, 9.17) is 4.63 Å². The maximum atomic E-state index is 12.9. The molecular formula is C21H21F3N4O. The molecule has 3 heterocycles. The molecule has 5 rings (SSSR count). The van der Waals surface area contributed by atoms with Crippen LogP contribution in [-0.4, -0.2) is 47.9 Å². The van der Waals surface area contributed by atoms with E-state index in [1.165, 1.54) is 38.1 Å². The monoisotopic (exact) mass is 402 g/mol. The molecule has 0 bridgehead atoms. The highest BCUT2D eigenvalue weighted by molar-refractivity contribution is 5.93. The summed E-state index contributed by atoms with van der Waals surface area (Å²) in [6, 6.07) is 8.98. The van der Waals surface area contributed by atoms with Crippen molar-refractivity contribution >= 4 is 16.7 Å². The van der Waals surface area contributed by atoms with E-state index >= 15 is 0 Å². The van der Waals surface area contributed by atoms with Crippen molar-refractivity contribution in [2.45, 2.75) is 19.0 Å². The van der Waals surface area contributed by atoms with E-state index in [1.807, 2.05) is 6.07 Å². The SMILES string of the molecule is FC(F)(F)c1ccc(-c2cc(N3CC(CN4CCCC4)C3)c3nonc3c2)cc1. The van der Waals surface area contributed by atoms with Crippen LogP contribution in [0.4, 0.5) is 18.9 Å². The number of likely N-dealkylation sites (tertiary alicyclic amines) is 1. The second-order valence-electron chi connectivity index (χ2n) is 7.98. The highest BCUT2D eigenvalue weighted by atomic mass is 19.4. The minimum absolute atomic E-state index is 0.611. The standard InChI is InChI=1S/C21H21F3N4O/c22-21(23,24)17-5-3-15(4-6-17)16-9-18-20(26-29-25-18)19(10-16)28-12-14(13-28)11-27-7-1-2-8-27/h3-6,9-10,14H,1-2,7-8,11-13H2. The zero-order valence-electron chi connectivity index (χ0n) is 15.8. The Kier molecular flexibility index (Phi) is 4.46. The Morgan fingerprint density at radius 3 is 2.38 bits per heavy atom. The van der Waals surface area contributed by atoms with Crippen LogP contribution in [0.2, 0.25) is 0 Å². The van der Waals surface area contributed by atoms with E-state index in [0.717, 1.165) is 43.0 Å². The fraction of sp³-hybridized carbons (Fsp3) is 0.429. The Balaban J connectivity index is 1.39. The van der Waals surface area contributed by atoms with Crippen molar-refractivity contribution in [1.82, 2.24) is 15.2 Å². The van der Waals surface area contributed by atoms with Crippen molar-refractivity contribution in [3.05, 3.63) is 42.0 Å². The maximum Gasteiger partial charge on any atom is 0.416 e. The number of nitrogens with zero attached hydrogens (tertiary/aromatic N) is 4. The predicted octanol–water partition coefficient (Wildman–Crippen LogP) is 4.44. The Morgan fingerprint density at radius 2 is 1.69 bits per heavy atom. The molecule has 0 saturated carbocycles. The molecule has 2 saturated heterocycles. The van der Waals surface area contributed by atoms with Crippen molar-refractivity contribution in [3.8, 4) is 11.1 Å². The average molecular weight is 402 g/mol. The number of fused-ring (bicyclic) bond motifs is 1. The minimum atomic E-state index is -4.34. The van der Waals surface area contributed by atoms with Gasteiger partial charge in [0.15, 0.2) is 5.52 Å². The predicted molar refractivity (Wildman–Crippen MR) is 104 cm³/mol. The number of anilines is 1. The fourth-order valence-corrected chi connectivity index (χ4v) is 4.34. The van der Waals surface area contributed by atoms with Gasteiger partial charge in [-0.25, -0.2) is 4.63 Å². The van der Waals surface area contributed by atoms with Crippen LogP contribution in [0, 0.1) is 5.92 Å². The lowest BCUT2D eigenvalue weighted by Crippen LogP contribution is -2.51. The summed E-state index contributed by atoms with van der Waals surface area (Å²) in [6.07, 6.45) is -1.76. The smallest absolute Gasteiger partial charge is 0.369 e. The molecule has 0 spiro atoms. The quantitative estimate of drug-likeness (QED) is 0.646. The molecule has 2 aliphatic heterocycles. The van der Waals surface area contributed by atoms with Gasteiger partial charge in [-0.1, -0.05) is 12.1 Å². The summed E-state index contributed by atoms with van der Waals surface area (Å²) in [5.41, 5.74) is 3.09. The third-order valence-corrected chi connectivity index (χ3v) is 5.90. The first-order valence-electron chi connectivity index (χ1n) is 9.88. The van der Waals surface area contributed by atoms with E-state index in [2.05, 4.69) is 20.1 Å². The molecule has 2 aromatic carbocycles. The lowest BCUT2D eigenvalue weighted by atomic mass is 9.96. The Labute approximate surface area is 166 Å². The number of rotatable bonds is 4. The first-order chi connectivity index (χ1) is 14.0. The van der Waals surface area contributed by atoms with Crippen molar-refractivity contribution < 1.29 is 17.8 Å². The molecular weight excluding hydrogens is 381 g/mol. The third kappa shape index (κ3) is 3.57. The fourth-order valence-electron chi connectivity index (χ4n) is 4.34. The van der Waals surface area contributed by atoms with Gasteiger partial charge in [-0.15, -0.1) is 0 Å². The van der Waals surface area contributed by atoms with Crippen molar-refractivity contribution in [3.63, 3.8) is 0 Å². The number of hydrogen-bond acceptors (Lipinski definition) is 5. The van der Waals surface area contributed by atoms with Crippen molar-refractivity contribution in [2.24, 2.45) is 5.92 Å². The normalized spacial score (nSPS) is 18.5. The van der Waals surface area contributed by atoms with Gasteiger partial charge < -0.3 is 9.80 Å². The Morgan fingerprint density at radius 1 is 0.966 bits per heavy atom. The topological polar surface area (TPSA) is 45.4 Å². The minimum Gasteiger partial charge on any atom is -0.369 e. The first kappa shape index (κ1) is 18.4. The molecule has 29 heavy (non-hydrogen) atoms. The van der Waals surface area contributed by atoms with Gasteiger partial charge in [0.05, 0.1) is 11.3 Å². The second-order valence-corrected chi connectivity index (χ2v) is 7.98. The van der Waals surface area contributed by atoms with E-state index in [0.29, 0.717) is 22.5 Å². The summed E-state index contributed by atoms with van der Waals surface area (Å²) in [6.45, 7) is 5.38. The van der Waals surface area contributed by atoms with Gasteiger partial charge in [-0.05, 0) is 71.6 Å².